The summed E-state index contributed by atoms with van der Waals surface area (Å²) in [5, 5.41) is 11.5. The number of hydrogen-bond acceptors (Lipinski definition) is 3. The predicted molar refractivity (Wildman–Crippen MR) is 39.2 cm³/mol. The van der Waals surface area contributed by atoms with Crippen LogP contribution < -0.4 is 5.32 Å². The summed E-state index contributed by atoms with van der Waals surface area (Å²) in [4.78, 5) is 10.7. The summed E-state index contributed by atoms with van der Waals surface area (Å²) < 4.78 is 4.65. The molecule has 0 saturated heterocycles. The molecule has 4 heteroatoms. The topological polar surface area (TPSA) is 58.6 Å². The first-order valence-electron chi connectivity index (χ1n) is 3.83. The molecule has 0 atom stereocenters. The molecule has 1 saturated carbocycles. The molecule has 0 aromatic rings. The van der Waals surface area contributed by atoms with E-state index in [1.54, 1.807) is 6.92 Å². The van der Waals surface area contributed by atoms with Crippen LogP contribution in [0.2, 0.25) is 0 Å². The fourth-order valence-electron chi connectivity index (χ4n) is 1.05. The van der Waals surface area contributed by atoms with Crippen LogP contribution in [-0.2, 0) is 4.74 Å². The normalized spacial score (nSPS) is 28.9. The van der Waals surface area contributed by atoms with Gasteiger partial charge in [-0.05, 0) is 19.8 Å². The highest BCUT2D eigenvalue weighted by Gasteiger charge is 2.28. The quantitative estimate of drug-likeness (QED) is 0.607. The number of rotatable bonds is 2. The molecule has 0 aromatic carbocycles. The van der Waals surface area contributed by atoms with Gasteiger partial charge in [0, 0.05) is 6.04 Å². The maximum Gasteiger partial charge on any atom is 0.407 e. The summed E-state index contributed by atoms with van der Waals surface area (Å²) in [5.41, 5.74) is 0. The van der Waals surface area contributed by atoms with Gasteiger partial charge in [-0.3, -0.25) is 0 Å². The Labute approximate surface area is 65.5 Å². The van der Waals surface area contributed by atoms with Crippen molar-refractivity contribution < 1.29 is 14.6 Å². The van der Waals surface area contributed by atoms with Gasteiger partial charge in [-0.15, -0.1) is 0 Å². The van der Waals surface area contributed by atoms with Gasteiger partial charge < -0.3 is 15.2 Å². The molecule has 11 heavy (non-hydrogen) atoms. The number of carbonyl (C=O) groups is 1. The predicted octanol–water partition coefficient (Wildman–Crippen LogP) is 0.256. The van der Waals surface area contributed by atoms with Gasteiger partial charge in [0.25, 0.3) is 0 Å². The van der Waals surface area contributed by atoms with Gasteiger partial charge in [0.2, 0.25) is 0 Å². The van der Waals surface area contributed by atoms with Crippen LogP contribution in [0.1, 0.15) is 19.8 Å². The van der Waals surface area contributed by atoms with Gasteiger partial charge in [0.1, 0.15) is 0 Å². The van der Waals surface area contributed by atoms with E-state index in [1.165, 1.54) is 0 Å². The molecule has 1 aliphatic carbocycles. The minimum atomic E-state index is -0.385. The average Bonchev–Trinajstić information content (AvgIpc) is 1.85. The standard InChI is InChI=1S/C7H13NO3/c1-2-11-7(10)8-5-3-6(9)4-5/h5-6,9H,2-4H2,1H3,(H,8,10). The van der Waals surface area contributed by atoms with Gasteiger partial charge >= 0.3 is 6.09 Å². The molecule has 0 aromatic heterocycles. The SMILES string of the molecule is CCOC(=O)NC1CC(O)C1. The molecule has 0 spiro atoms. The van der Waals surface area contributed by atoms with Crippen molar-refractivity contribution in [3.8, 4) is 0 Å². The van der Waals surface area contributed by atoms with Crippen LogP contribution >= 0.6 is 0 Å². The molecule has 1 aliphatic rings. The van der Waals surface area contributed by atoms with E-state index < -0.39 is 0 Å². The summed E-state index contributed by atoms with van der Waals surface area (Å²) in [7, 11) is 0. The van der Waals surface area contributed by atoms with Crippen molar-refractivity contribution in [2.45, 2.75) is 31.9 Å². The van der Waals surface area contributed by atoms with Gasteiger partial charge in [0.15, 0.2) is 0 Å². The molecule has 0 bridgehead atoms. The molecule has 1 rings (SSSR count). The Morgan fingerprint density at radius 1 is 1.73 bits per heavy atom. The van der Waals surface area contributed by atoms with E-state index in [4.69, 9.17) is 5.11 Å². The maximum absolute atomic E-state index is 10.7. The Bertz CT molecular complexity index is 143. The summed E-state index contributed by atoms with van der Waals surface area (Å²) in [6.07, 6.45) is 0.684. The van der Waals surface area contributed by atoms with Gasteiger partial charge in [-0.1, -0.05) is 0 Å². The van der Waals surface area contributed by atoms with E-state index >= 15 is 0 Å². The molecule has 0 aliphatic heterocycles. The van der Waals surface area contributed by atoms with Gasteiger partial charge in [-0.2, -0.15) is 0 Å². The Morgan fingerprint density at radius 2 is 2.36 bits per heavy atom. The van der Waals surface area contributed by atoms with Gasteiger partial charge in [0.05, 0.1) is 12.7 Å². The zero-order valence-corrected chi connectivity index (χ0v) is 6.54. The molecule has 0 heterocycles. The lowest BCUT2D eigenvalue weighted by Gasteiger charge is -2.31. The fraction of sp³-hybridized carbons (Fsp3) is 0.857. The fourth-order valence-corrected chi connectivity index (χ4v) is 1.05. The molecule has 1 amide bonds. The first-order valence-corrected chi connectivity index (χ1v) is 3.83. The first kappa shape index (κ1) is 8.33. The second-order valence-corrected chi connectivity index (χ2v) is 2.69. The van der Waals surface area contributed by atoms with E-state index in [0.717, 1.165) is 0 Å². The van der Waals surface area contributed by atoms with Crippen molar-refractivity contribution in [3.63, 3.8) is 0 Å². The molecular weight excluding hydrogens is 146 g/mol. The zero-order chi connectivity index (χ0) is 8.27. The van der Waals surface area contributed by atoms with Crippen molar-refractivity contribution in [2.75, 3.05) is 6.61 Å². The second kappa shape index (κ2) is 3.57. The average molecular weight is 159 g/mol. The third-order valence-electron chi connectivity index (χ3n) is 1.71. The van der Waals surface area contributed by atoms with Crippen molar-refractivity contribution in [2.24, 2.45) is 0 Å². The summed E-state index contributed by atoms with van der Waals surface area (Å²) in [6.45, 7) is 2.15. The number of hydrogen-bond donors (Lipinski definition) is 2. The lowest BCUT2D eigenvalue weighted by molar-refractivity contribution is 0.0585. The van der Waals surface area contributed by atoms with Crippen LogP contribution in [0.4, 0.5) is 4.79 Å². The van der Waals surface area contributed by atoms with E-state index in [0.29, 0.717) is 19.4 Å². The number of ether oxygens (including phenoxy) is 1. The largest absolute Gasteiger partial charge is 0.450 e. The molecule has 0 radical (unpaired) electrons. The third kappa shape index (κ3) is 2.38. The van der Waals surface area contributed by atoms with Crippen LogP contribution in [0, 0.1) is 0 Å². The molecule has 4 nitrogen and oxygen atoms in total. The van der Waals surface area contributed by atoms with E-state index in [2.05, 4.69) is 10.1 Å². The van der Waals surface area contributed by atoms with Gasteiger partial charge in [-0.25, -0.2) is 4.79 Å². The van der Waals surface area contributed by atoms with Crippen LogP contribution in [0.15, 0.2) is 0 Å². The summed E-state index contributed by atoms with van der Waals surface area (Å²) in [6, 6.07) is 0.115. The molecular formula is C7H13NO3. The molecule has 2 N–H and O–H groups in total. The minimum Gasteiger partial charge on any atom is -0.450 e. The van der Waals surface area contributed by atoms with E-state index in [1.807, 2.05) is 0 Å². The third-order valence-corrected chi connectivity index (χ3v) is 1.71. The van der Waals surface area contributed by atoms with Crippen molar-refractivity contribution >= 4 is 6.09 Å². The minimum absolute atomic E-state index is 0.115. The van der Waals surface area contributed by atoms with E-state index in [9.17, 15) is 4.79 Å². The molecule has 64 valence electrons. The van der Waals surface area contributed by atoms with Crippen molar-refractivity contribution in [3.05, 3.63) is 0 Å². The van der Waals surface area contributed by atoms with Crippen molar-refractivity contribution in [1.82, 2.24) is 5.32 Å². The number of carbonyl (C=O) groups excluding carboxylic acids is 1. The lowest BCUT2D eigenvalue weighted by atomic mass is 9.90. The number of nitrogens with one attached hydrogen (secondary N) is 1. The monoisotopic (exact) mass is 159 g/mol. The Balaban J connectivity index is 2.07. The van der Waals surface area contributed by atoms with Crippen LogP contribution in [0.25, 0.3) is 0 Å². The number of alkyl carbamates (subject to hydrolysis) is 1. The molecule has 1 fully saturated rings. The highest BCUT2D eigenvalue weighted by molar-refractivity contribution is 5.67. The maximum atomic E-state index is 10.7. The first-order chi connectivity index (χ1) is 5.22. The van der Waals surface area contributed by atoms with Crippen LogP contribution in [-0.4, -0.2) is 30.0 Å². The number of aliphatic hydroxyl groups excluding tert-OH is 1. The van der Waals surface area contributed by atoms with Crippen molar-refractivity contribution in [1.29, 1.82) is 0 Å². The Morgan fingerprint density at radius 3 is 2.82 bits per heavy atom. The Hall–Kier alpha value is -0.770. The summed E-state index contributed by atoms with van der Waals surface area (Å²) in [5.74, 6) is 0. The number of aliphatic hydroxyl groups is 1. The smallest absolute Gasteiger partial charge is 0.407 e. The van der Waals surface area contributed by atoms with Crippen LogP contribution in [0.5, 0.6) is 0 Å². The Kier molecular flexibility index (Phi) is 2.70. The lowest BCUT2D eigenvalue weighted by Crippen LogP contribution is -2.46. The summed E-state index contributed by atoms with van der Waals surface area (Å²) >= 11 is 0. The zero-order valence-electron chi connectivity index (χ0n) is 6.54. The second-order valence-electron chi connectivity index (χ2n) is 2.69. The van der Waals surface area contributed by atoms with Crippen LogP contribution in [0.3, 0.4) is 0 Å². The highest BCUT2D eigenvalue weighted by atomic mass is 16.5. The molecule has 0 unspecified atom stereocenters. The highest BCUT2D eigenvalue weighted by Crippen LogP contribution is 2.19. The van der Waals surface area contributed by atoms with E-state index in [-0.39, 0.29) is 18.2 Å². The number of amides is 1.